The highest BCUT2D eigenvalue weighted by atomic mass is 15.5. The van der Waals surface area contributed by atoms with Crippen LogP contribution in [0, 0.1) is 0 Å². The van der Waals surface area contributed by atoms with Crippen LogP contribution in [-0.2, 0) is 0 Å². The van der Waals surface area contributed by atoms with Gasteiger partial charge in [-0.3, -0.25) is 0 Å². The fourth-order valence-corrected chi connectivity index (χ4v) is 1.93. The predicted molar refractivity (Wildman–Crippen MR) is 70.3 cm³/mol. The molecule has 0 spiro atoms. The van der Waals surface area contributed by atoms with E-state index in [4.69, 9.17) is 0 Å². The number of aromatic amines is 2. The molecular formula is C10H7N11. The van der Waals surface area contributed by atoms with E-state index in [-0.39, 0.29) is 11.9 Å². The lowest BCUT2D eigenvalue weighted by Crippen LogP contribution is -2.22. The number of aliphatic imine (C=N–C) groups is 2. The Bertz CT molecular complexity index is 745. The molecule has 0 atom stereocenters. The van der Waals surface area contributed by atoms with Crippen LogP contribution in [0.3, 0.4) is 0 Å². The van der Waals surface area contributed by atoms with Crippen molar-refractivity contribution in [3.63, 3.8) is 0 Å². The van der Waals surface area contributed by atoms with Gasteiger partial charge in [-0.2, -0.15) is 20.4 Å². The van der Waals surface area contributed by atoms with Crippen molar-refractivity contribution < 1.29 is 0 Å². The monoisotopic (exact) mass is 281 g/mol. The Hall–Kier alpha value is -3.50. The summed E-state index contributed by atoms with van der Waals surface area (Å²) in [5.41, 5.74) is 1.76. The van der Waals surface area contributed by atoms with Crippen molar-refractivity contribution in [3.8, 4) is 0 Å². The molecule has 1 aromatic carbocycles. The Morgan fingerprint density at radius 3 is 1.71 bits per heavy atom. The average Bonchev–Trinajstić information content (AvgIpc) is 3.23. The van der Waals surface area contributed by atoms with Gasteiger partial charge in [-0.15, -0.1) is 10.2 Å². The topological polar surface area (TPSA) is 146 Å². The molecule has 11 nitrogen and oxygen atoms in total. The third-order valence-electron chi connectivity index (χ3n) is 2.77. The summed E-state index contributed by atoms with van der Waals surface area (Å²) in [5, 5.41) is 29.9. The van der Waals surface area contributed by atoms with Gasteiger partial charge in [0, 0.05) is 11.1 Å². The molecular weight excluding hydrogens is 274 g/mol. The van der Waals surface area contributed by atoms with E-state index in [0.717, 1.165) is 11.1 Å². The second kappa shape index (κ2) is 4.56. The van der Waals surface area contributed by atoms with Gasteiger partial charge < -0.3 is 5.32 Å². The number of nitrogens with one attached hydrogen (secondary N) is 3. The third-order valence-corrected chi connectivity index (χ3v) is 2.77. The first-order valence-corrected chi connectivity index (χ1v) is 5.91. The zero-order chi connectivity index (χ0) is 14.1. The van der Waals surface area contributed by atoms with E-state index in [1.807, 2.05) is 24.3 Å². The lowest BCUT2D eigenvalue weighted by atomic mass is 10.1. The van der Waals surface area contributed by atoms with Gasteiger partial charge in [-0.05, 0) is 10.4 Å². The van der Waals surface area contributed by atoms with Gasteiger partial charge in [0.1, 0.15) is 11.7 Å². The highest BCUT2D eigenvalue weighted by Gasteiger charge is 2.24. The molecule has 2 aromatic heterocycles. The Labute approximate surface area is 116 Å². The standard InChI is InChI=1S/C10H7N11/c1-2-4-6-5(3-1)7(12-9-14-18-19-15-9)11-8(6)13-10-16-20-21-17-10/h1-4H,(H3,11,12,13,14,15,16,17,18,19,20,21). The lowest BCUT2D eigenvalue weighted by molar-refractivity contribution is 0.881. The number of tetrazole rings is 2. The van der Waals surface area contributed by atoms with Crippen LogP contribution in [0.2, 0.25) is 0 Å². The zero-order valence-electron chi connectivity index (χ0n) is 10.4. The Morgan fingerprint density at radius 1 is 0.762 bits per heavy atom. The van der Waals surface area contributed by atoms with Crippen molar-refractivity contribution >= 4 is 23.6 Å². The average molecular weight is 281 g/mol. The molecule has 0 fully saturated rings. The van der Waals surface area contributed by atoms with E-state index >= 15 is 0 Å². The van der Waals surface area contributed by atoms with Crippen LogP contribution in [0.25, 0.3) is 0 Å². The molecule has 0 aliphatic carbocycles. The summed E-state index contributed by atoms with van der Waals surface area (Å²) < 4.78 is 0. The third kappa shape index (κ3) is 2.01. The quantitative estimate of drug-likeness (QED) is 0.572. The van der Waals surface area contributed by atoms with E-state index in [1.165, 1.54) is 0 Å². The fourth-order valence-electron chi connectivity index (χ4n) is 1.93. The van der Waals surface area contributed by atoms with Gasteiger partial charge in [0.15, 0.2) is 0 Å². The summed E-state index contributed by atoms with van der Waals surface area (Å²) in [4.78, 5) is 8.57. The molecule has 0 radical (unpaired) electrons. The Kier molecular flexibility index (Phi) is 2.46. The van der Waals surface area contributed by atoms with Crippen LogP contribution >= 0.6 is 0 Å². The van der Waals surface area contributed by atoms with E-state index < -0.39 is 0 Å². The maximum Gasteiger partial charge on any atom is 0.290 e. The van der Waals surface area contributed by atoms with Crippen LogP contribution in [0.4, 0.5) is 11.9 Å². The summed E-state index contributed by atoms with van der Waals surface area (Å²) in [7, 11) is 0. The maximum absolute atomic E-state index is 4.28. The molecule has 0 saturated heterocycles. The zero-order valence-corrected chi connectivity index (χ0v) is 10.4. The van der Waals surface area contributed by atoms with Gasteiger partial charge in [-0.25, -0.2) is 0 Å². The summed E-state index contributed by atoms with van der Waals surface area (Å²) >= 11 is 0. The number of amidine groups is 2. The molecule has 11 heteroatoms. The SMILES string of the molecule is c1ccc2c(c1)C(=Nc1nn[nH]n1)NC2=Nc1nn[nH]n1. The van der Waals surface area contributed by atoms with E-state index in [0.29, 0.717) is 11.7 Å². The lowest BCUT2D eigenvalue weighted by Gasteiger charge is -1.96. The molecule has 3 aromatic rings. The highest BCUT2D eigenvalue weighted by molar-refractivity contribution is 6.26. The first-order chi connectivity index (χ1) is 10.4. The molecule has 102 valence electrons. The van der Waals surface area contributed by atoms with Gasteiger partial charge in [0.2, 0.25) is 0 Å². The summed E-state index contributed by atoms with van der Waals surface area (Å²) in [6.45, 7) is 0. The fraction of sp³-hybridized carbons (Fsp3) is 0. The minimum atomic E-state index is 0.230. The van der Waals surface area contributed by atoms with Crippen molar-refractivity contribution in [2.75, 3.05) is 0 Å². The molecule has 1 aliphatic rings. The second-order valence-corrected chi connectivity index (χ2v) is 4.02. The molecule has 3 N–H and O–H groups in total. The molecule has 21 heavy (non-hydrogen) atoms. The molecule has 0 saturated carbocycles. The van der Waals surface area contributed by atoms with Crippen LogP contribution in [0.5, 0.6) is 0 Å². The maximum atomic E-state index is 4.28. The van der Waals surface area contributed by atoms with E-state index in [2.05, 4.69) is 56.5 Å². The molecule has 4 rings (SSSR count). The number of H-pyrrole nitrogens is 2. The molecule has 0 unspecified atom stereocenters. The van der Waals surface area contributed by atoms with Gasteiger partial charge in [-0.1, -0.05) is 34.5 Å². The summed E-state index contributed by atoms with van der Waals surface area (Å²) in [6, 6.07) is 7.65. The van der Waals surface area contributed by atoms with Crippen LogP contribution in [0.15, 0.2) is 34.3 Å². The van der Waals surface area contributed by atoms with Crippen molar-refractivity contribution in [2.24, 2.45) is 9.98 Å². The van der Waals surface area contributed by atoms with Crippen molar-refractivity contribution in [1.29, 1.82) is 0 Å². The second-order valence-electron chi connectivity index (χ2n) is 4.02. The van der Waals surface area contributed by atoms with Crippen LogP contribution in [0.1, 0.15) is 11.1 Å². The Morgan fingerprint density at radius 2 is 1.29 bits per heavy atom. The number of benzene rings is 1. The van der Waals surface area contributed by atoms with Crippen LogP contribution < -0.4 is 5.32 Å². The number of fused-ring (bicyclic) bond motifs is 1. The first kappa shape index (κ1) is 11.3. The van der Waals surface area contributed by atoms with Crippen LogP contribution in [-0.4, -0.2) is 52.9 Å². The van der Waals surface area contributed by atoms with Crippen molar-refractivity contribution in [3.05, 3.63) is 35.4 Å². The Balaban J connectivity index is 1.80. The van der Waals surface area contributed by atoms with Gasteiger partial charge in [0.25, 0.3) is 11.9 Å². The normalized spacial score (nSPS) is 17.1. The summed E-state index contributed by atoms with van der Waals surface area (Å²) in [6.07, 6.45) is 0. The minimum Gasteiger partial charge on any atom is -0.324 e. The summed E-state index contributed by atoms with van der Waals surface area (Å²) in [5.74, 6) is 1.62. The highest BCUT2D eigenvalue weighted by Crippen LogP contribution is 2.19. The number of hydrogen-bond acceptors (Lipinski definition) is 8. The van der Waals surface area contributed by atoms with E-state index in [9.17, 15) is 0 Å². The molecule has 1 aliphatic heterocycles. The van der Waals surface area contributed by atoms with Gasteiger partial charge >= 0.3 is 0 Å². The van der Waals surface area contributed by atoms with Crippen molar-refractivity contribution in [2.45, 2.75) is 0 Å². The number of nitrogens with zero attached hydrogens (tertiary/aromatic N) is 8. The van der Waals surface area contributed by atoms with Gasteiger partial charge in [0.05, 0.1) is 0 Å². The number of aromatic nitrogens is 8. The largest absolute Gasteiger partial charge is 0.324 e. The predicted octanol–water partition coefficient (Wildman–Crippen LogP) is -0.527. The van der Waals surface area contributed by atoms with Crippen molar-refractivity contribution in [1.82, 2.24) is 46.6 Å². The molecule has 0 amide bonds. The molecule has 0 bridgehead atoms. The molecule has 3 heterocycles. The minimum absolute atomic E-state index is 0.230. The van der Waals surface area contributed by atoms with E-state index in [1.54, 1.807) is 0 Å². The smallest absolute Gasteiger partial charge is 0.290 e. The number of hydrogen-bond donors (Lipinski definition) is 3. The number of rotatable bonds is 2. The first-order valence-electron chi connectivity index (χ1n) is 5.91.